The van der Waals surface area contributed by atoms with Gasteiger partial charge in [0.15, 0.2) is 5.54 Å². The first-order valence-corrected chi connectivity index (χ1v) is 11.9. The van der Waals surface area contributed by atoms with E-state index in [9.17, 15) is 13.9 Å². The number of aliphatic hydroxyl groups is 1. The Hall–Kier alpha value is -3.49. The summed E-state index contributed by atoms with van der Waals surface area (Å²) < 4.78 is 35.7. The van der Waals surface area contributed by atoms with E-state index in [1.54, 1.807) is 19.1 Å². The molecule has 0 radical (unpaired) electrons. The topological polar surface area (TPSA) is 80.3 Å². The number of hydrogen-bond acceptors (Lipinski definition) is 6. The minimum atomic E-state index is -2.90. The standard InChI is InChI=1S/C28H31F2N3O3/c1-4-33(5-2)25(34)21-10-6-8-19(15-21)20-9-7-11-22(16-20)28(17-35-27(31)32-28)23-12-13-24(18(3)14-23)36-26(29)30/h6-16,25-26,34H,4-5,17H2,1-3H3,(H2,31,32). The van der Waals surface area contributed by atoms with Gasteiger partial charge in [-0.2, -0.15) is 8.78 Å². The van der Waals surface area contributed by atoms with Gasteiger partial charge in [0.2, 0.25) is 0 Å². The molecule has 0 spiro atoms. The average Bonchev–Trinajstić information content (AvgIpc) is 3.28. The molecule has 0 amide bonds. The first-order chi connectivity index (χ1) is 17.3. The molecule has 3 N–H and O–H groups in total. The van der Waals surface area contributed by atoms with Gasteiger partial charge in [-0.15, -0.1) is 0 Å². The van der Waals surface area contributed by atoms with Crippen LogP contribution in [0.4, 0.5) is 8.78 Å². The van der Waals surface area contributed by atoms with Crippen molar-refractivity contribution in [3.63, 3.8) is 0 Å². The molecular formula is C28H31F2N3O3. The van der Waals surface area contributed by atoms with Gasteiger partial charge >= 0.3 is 6.61 Å². The Labute approximate surface area is 210 Å². The molecule has 8 heteroatoms. The maximum absolute atomic E-state index is 12.8. The van der Waals surface area contributed by atoms with E-state index < -0.39 is 18.4 Å². The molecule has 2 unspecified atom stereocenters. The Balaban J connectivity index is 1.75. The highest BCUT2D eigenvalue weighted by Gasteiger charge is 2.40. The van der Waals surface area contributed by atoms with E-state index >= 15 is 0 Å². The van der Waals surface area contributed by atoms with Gasteiger partial charge in [-0.3, -0.25) is 4.90 Å². The number of alkyl halides is 2. The highest BCUT2D eigenvalue weighted by Crippen LogP contribution is 2.40. The van der Waals surface area contributed by atoms with E-state index in [-0.39, 0.29) is 18.4 Å². The number of ether oxygens (including phenoxy) is 2. The summed E-state index contributed by atoms with van der Waals surface area (Å²) >= 11 is 0. The summed E-state index contributed by atoms with van der Waals surface area (Å²) in [5.41, 5.74) is 9.87. The zero-order chi connectivity index (χ0) is 25.9. The summed E-state index contributed by atoms with van der Waals surface area (Å²) in [6.07, 6.45) is -0.695. The Kier molecular flexibility index (Phi) is 7.56. The zero-order valence-corrected chi connectivity index (χ0v) is 20.6. The molecule has 0 aliphatic carbocycles. The van der Waals surface area contributed by atoms with Crippen LogP contribution < -0.4 is 10.5 Å². The quantitative estimate of drug-likeness (QED) is 0.400. The lowest BCUT2D eigenvalue weighted by molar-refractivity contribution is -0.0503. The number of amidine groups is 1. The molecule has 6 nitrogen and oxygen atoms in total. The fourth-order valence-electron chi connectivity index (χ4n) is 4.64. The third kappa shape index (κ3) is 5.05. The molecule has 36 heavy (non-hydrogen) atoms. The van der Waals surface area contributed by atoms with Crippen LogP contribution in [0.3, 0.4) is 0 Å². The van der Waals surface area contributed by atoms with Crippen LogP contribution in [0.15, 0.2) is 71.7 Å². The van der Waals surface area contributed by atoms with Gasteiger partial charge < -0.3 is 20.3 Å². The number of benzene rings is 3. The minimum Gasteiger partial charge on any atom is -0.462 e. The summed E-state index contributed by atoms with van der Waals surface area (Å²) in [5.74, 6) is 0.108. The van der Waals surface area contributed by atoms with Crippen molar-refractivity contribution in [1.29, 1.82) is 0 Å². The van der Waals surface area contributed by atoms with Gasteiger partial charge in [0, 0.05) is 0 Å². The lowest BCUT2D eigenvalue weighted by Gasteiger charge is -2.27. The van der Waals surface area contributed by atoms with Crippen molar-refractivity contribution in [2.24, 2.45) is 10.7 Å². The molecule has 0 aromatic heterocycles. The molecule has 0 fully saturated rings. The third-order valence-electron chi connectivity index (χ3n) is 6.62. The molecular weight excluding hydrogens is 464 g/mol. The van der Waals surface area contributed by atoms with Crippen molar-refractivity contribution in [3.8, 4) is 16.9 Å². The lowest BCUT2D eigenvalue weighted by Crippen LogP contribution is -2.28. The molecule has 1 aliphatic rings. The molecule has 4 rings (SSSR count). The second-order valence-electron chi connectivity index (χ2n) is 8.76. The lowest BCUT2D eigenvalue weighted by atomic mass is 9.82. The van der Waals surface area contributed by atoms with Crippen LogP contribution in [0.2, 0.25) is 0 Å². The molecule has 0 saturated heterocycles. The smallest absolute Gasteiger partial charge is 0.387 e. The van der Waals surface area contributed by atoms with Crippen molar-refractivity contribution < 1.29 is 23.4 Å². The van der Waals surface area contributed by atoms with Crippen LogP contribution >= 0.6 is 0 Å². The number of nitrogens with zero attached hydrogens (tertiary/aromatic N) is 2. The molecule has 2 atom stereocenters. The minimum absolute atomic E-state index is 0.0651. The maximum atomic E-state index is 12.8. The van der Waals surface area contributed by atoms with Gasteiger partial charge in [0.25, 0.3) is 6.02 Å². The fraction of sp³-hybridized carbons (Fsp3) is 0.321. The molecule has 0 bridgehead atoms. The van der Waals surface area contributed by atoms with Gasteiger partial charge in [-0.05, 0) is 77.7 Å². The number of aliphatic hydroxyl groups excluding tert-OH is 1. The van der Waals surface area contributed by atoms with Crippen LogP contribution in [0.25, 0.3) is 11.1 Å². The predicted molar refractivity (Wildman–Crippen MR) is 136 cm³/mol. The molecule has 190 valence electrons. The SMILES string of the molecule is CCN(CC)C(O)c1cccc(-c2cccc(C3(c4ccc(OC(F)F)c(C)c4)COC(N)=N3)c2)c1. The van der Waals surface area contributed by atoms with E-state index in [4.69, 9.17) is 10.5 Å². The van der Waals surface area contributed by atoms with Crippen molar-refractivity contribution in [3.05, 3.63) is 89.0 Å². The molecule has 1 heterocycles. The van der Waals surface area contributed by atoms with E-state index in [1.807, 2.05) is 67.3 Å². The normalized spacial score (nSPS) is 18.3. The van der Waals surface area contributed by atoms with Crippen LogP contribution in [-0.4, -0.2) is 42.3 Å². The third-order valence-corrected chi connectivity index (χ3v) is 6.62. The van der Waals surface area contributed by atoms with Crippen LogP contribution in [0.1, 0.15) is 42.3 Å². The summed E-state index contributed by atoms with van der Waals surface area (Å²) in [7, 11) is 0. The van der Waals surface area contributed by atoms with E-state index in [0.29, 0.717) is 5.56 Å². The second-order valence-corrected chi connectivity index (χ2v) is 8.76. The number of hydrogen-bond donors (Lipinski definition) is 2. The largest absolute Gasteiger partial charge is 0.462 e. The Bertz CT molecular complexity index is 1250. The zero-order valence-electron chi connectivity index (χ0n) is 20.6. The van der Waals surface area contributed by atoms with Crippen LogP contribution in [0.5, 0.6) is 5.75 Å². The highest BCUT2D eigenvalue weighted by molar-refractivity contribution is 5.76. The van der Waals surface area contributed by atoms with Gasteiger partial charge in [0.1, 0.15) is 18.6 Å². The number of aryl methyl sites for hydroxylation is 1. The summed E-state index contributed by atoms with van der Waals surface area (Å²) in [4.78, 5) is 6.63. The fourth-order valence-corrected chi connectivity index (χ4v) is 4.64. The molecule has 1 aliphatic heterocycles. The number of rotatable bonds is 9. The number of aliphatic imine (C=N–C) groups is 1. The van der Waals surface area contributed by atoms with E-state index in [2.05, 4.69) is 9.73 Å². The van der Waals surface area contributed by atoms with Crippen LogP contribution in [-0.2, 0) is 10.3 Å². The Morgan fingerprint density at radius 2 is 1.69 bits per heavy atom. The first kappa shape index (κ1) is 25.6. The summed E-state index contributed by atoms with van der Waals surface area (Å²) in [5, 5.41) is 10.8. The Morgan fingerprint density at radius 3 is 2.31 bits per heavy atom. The average molecular weight is 496 g/mol. The second kappa shape index (κ2) is 10.6. The van der Waals surface area contributed by atoms with Crippen LogP contribution in [0, 0.1) is 6.92 Å². The molecule has 3 aromatic rings. The molecule has 0 saturated carbocycles. The van der Waals surface area contributed by atoms with Crippen molar-refractivity contribution in [2.75, 3.05) is 19.7 Å². The van der Waals surface area contributed by atoms with Gasteiger partial charge in [0.05, 0.1) is 0 Å². The molecule has 3 aromatic carbocycles. The maximum Gasteiger partial charge on any atom is 0.387 e. The monoisotopic (exact) mass is 495 g/mol. The van der Waals surface area contributed by atoms with Gasteiger partial charge in [-0.25, -0.2) is 4.99 Å². The van der Waals surface area contributed by atoms with Crippen molar-refractivity contribution in [1.82, 2.24) is 4.90 Å². The van der Waals surface area contributed by atoms with E-state index in [1.165, 1.54) is 6.07 Å². The highest BCUT2D eigenvalue weighted by atomic mass is 19.3. The summed E-state index contributed by atoms with van der Waals surface area (Å²) in [6.45, 7) is 4.49. The van der Waals surface area contributed by atoms with Gasteiger partial charge in [-0.1, -0.05) is 56.3 Å². The predicted octanol–water partition coefficient (Wildman–Crippen LogP) is 5.18. The summed E-state index contributed by atoms with van der Waals surface area (Å²) in [6, 6.07) is 20.8. The number of halogens is 2. The Morgan fingerprint density at radius 1 is 1.03 bits per heavy atom. The first-order valence-electron chi connectivity index (χ1n) is 11.9. The van der Waals surface area contributed by atoms with E-state index in [0.717, 1.165) is 40.9 Å². The number of nitrogens with two attached hydrogens (primary N) is 1. The van der Waals surface area contributed by atoms with Crippen molar-refractivity contribution in [2.45, 2.75) is 39.1 Å². The van der Waals surface area contributed by atoms with Crippen molar-refractivity contribution >= 4 is 6.02 Å².